The first-order valence-corrected chi connectivity index (χ1v) is 7.16. The number of morpholine rings is 1. The number of anilines is 1. The molecule has 1 saturated carbocycles. The lowest BCUT2D eigenvalue weighted by Gasteiger charge is -2.27. The highest BCUT2D eigenvalue weighted by Crippen LogP contribution is 2.18. The fraction of sp³-hybridized carbons (Fsp3) is 0.571. The number of hydrogen-bond acceptors (Lipinski definition) is 4. The van der Waals surface area contributed by atoms with Gasteiger partial charge in [-0.2, -0.15) is 0 Å². The molecule has 3 rings (SSSR count). The van der Waals surface area contributed by atoms with Crippen LogP contribution in [0.1, 0.15) is 18.5 Å². The van der Waals surface area contributed by atoms with Gasteiger partial charge in [0.1, 0.15) is 5.82 Å². The number of hydrogen-bond donors (Lipinski definition) is 2. The molecule has 0 bridgehead atoms. The van der Waals surface area contributed by atoms with Crippen LogP contribution in [0.15, 0.2) is 23.2 Å². The molecule has 0 atom stereocenters. The molecule has 1 aliphatic heterocycles. The first-order valence-electron chi connectivity index (χ1n) is 7.16. The van der Waals surface area contributed by atoms with Gasteiger partial charge < -0.3 is 20.7 Å². The second-order valence-corrected chi connectivity index (χ2v) is 5.21. The molecule has 1 aliphatic carbocycles. The van der Waals surface area contributed by atoms with E-state index in [4.69, 9.17) is 10.5 Å². The smallest absolute Gasteiger partial charge is 0.189 e. The largest absolute Gasteiger partial charge is 0.378 e. The van der Waals surface area contributed by atoms with Gasteiger partial charge in [-0.15, -0.1) is 24.0 Å². The SMILES string of the molecule is I.NC(=NCc1cccc(N2CCOCC2)n1)NC1CC1. The normalized spacial score (nSPS) is 19.0. The number of aromatic nitrogens is 1. The first kappa shape index (κ1) is 16.3. The van der Waals surface area contributed by atoms with Gasteiger partial charge >= 0.3 is 0 Å². The molecule has 1 aromatic heterocycles. The lowest BCUT2D eigenvalue weighted by atomic mass is 10.3. The van der Waals surface area contributed by atoms with Crippen LogP contribution in [0.3, 0.4) is 0 Å². The monoisotopic (exact) mass is 403 g/mol. The molecule has 0 amide bonds. The number of guanidine groups is 1. The lowest BCUT2D eigenvalue weighted by molar-refractivity contribution is 0.122. The molecule has 3 N–H and O–H groups in total. The summed E-state index contributed by atoms with van der Waals surface area (Å²) < 4.78 is 5.36. The van der Waals surface area contributed by atoms with Gasteiger partial charge in [0, 0.05) is 19.1 Å². The van der Waals surface area contributed by atoms with Crippen molar-refractivity contribution >= 4 is 35.8 Å². The Bertz CT molecular complexity index is 486. The van der Waals surface area contributed by atoms with E-state index in [0.717, 1.165) is 37.8 Å². The Morgan fingerprint density at radius 2 is 2.14 bits per heavy atom. The Morgan fingerprint density at radius 1 is 1.38 bits per heavy atom. The van der Waals surface area contributed by atoms with Crippen molar-refractivity contribution in [3.63, 3.8) is 0 Å². The summed E-state index contributed by atoms with van der Waals surface area (Å²) in [6, 6.07) is 6.57. The molecule has 0 spiro atoms. The van der Waals surface area contributed by atoms with Gasteiger partial charge in [0.05, 0.1) is 25.5 Å². The Kier molecular flexibility index (Phi) is 6.04. The zero-order chi connectivity index (χ0) is 13.8. The molecule has 1 aromatic rings. The minimum absolute atomic E-state index is 0. The van der Waals surface area contributed by atoms with Crippen LogP contribution < -0.4 is 16.0 Å². The lowest BCUT2D eigenvalue weighted by Crippen LogP contribution is -2.36. The third-order valence-corrected chi connectivity index (χ3v) is 3.47. The number of halogens is 1. The maximum Gasteiger partial charge on any atom is 0.189 e. The number of nitrogens with zero attached hydrogens (tertiary/aromatic N) is 3. The van der Waals surface area contributed by atoms with E-state index in [9.17, 15) is 0 Å². The Morgan fingerprint density at radius 3 is 2.86 bits per heavy atom. The predicted molar refractivity (Wildman–Crippen MR) is 94.2 cm³/mol. The van der Waals surface area contributed by atoms with Crippen molar-refractivity contribution in [1.29, 1.82) is 0 Å². The zero-order valence-corrected chi connectivity index (χ0v) is 14.3. The number of aliphatic imine (C=N–C) groups is 1. The van der Waals surface area contributed by atoms with Crippen molar-refractivity contribution in [2.75, 3.05) is 31.2 Å². The molecule has 1 saturated heterocycles. The van der Waals surface area contributed by atoms with Crippen molar-refractivity contribution in [2.24, 2.45) is 10.7 Å². The summed E-state index contributed by atoms with van der Waals surface area (Å²) in [5.74, 6) is 1.51. The highest BCUT2D eigenvalue weighted by Gasteiger charge is 2.21. The number of rotatable bonds is 4. The average molecular weight is 403 g/mol. The van der Waals surface area contributed by atoms with E-state index in [1.807, 2.05) is 18.2 Å². The number of pyridine rings is 1. The standard InChI is InChI=1S/C14H21N5O.HI/c15-14(18-11-4-5-11)16-10-12-2-1-3-13(17-12)19-6-8-20-9-7-19;/h1-3,11H,4-10H2,(H3,15,16,18);1H. The third kappa shape index (κ3) is 4.99. The van der Waals surface area contributed by atoms with Gasteiger partial charge in [0.2, 0.25) is 0 Å². The molecule has 7 heteroatoms. The predicted octanol–water partition coefficient (Wildman–Crippen LogP) is 1.10. The van der Waals surface area contributed by atoms with Gasteiger partial charge in [-0.3, -0.25) is 0 Å². The second kappa shape index (κ2) is 7.79. The van der Waals surface area contributed by atoms with Crippen LogP contribution in [0.2, 0.25) is 0 Å². The average Bonchev–Trinajstić information content (AvgIpc) is 3.30. The van der Waals surface area contributed by atoms with Crippen LogP contribution in [-0.4, -0.2) is 43.3 Å². The van der Waals surface area contributed by atoms with Crippen molar-refractivity contribution in [3.8, 4) is 0 Å². The van der Waals surface area contributed by atoms with E-state index in [2.05, 4.69) is 20.2 Å². The molecule has 6 nitrogen and oxygen atoms in total. The third-order valence-electron chi connectivity index (χ3n) is 3.47. The Balaban J connectivity index is 0.00000161. The number of nitrogens with two attached hydrogens (primary N) is 1. The van der Waals surface area contributed by atoms with Crippen LogP contribution in [0.25, 0.3) is 0 Å². The molecule has 21 heavy (non-hydrogen) atoms. The zero-order valence-electron chi connectivity index (χ0n) is 12.0. The van der Waals surface area contributed by atoms with Crippen LogP contribution in [0.4, 0.5) is 5.82 Å². The number of nitrogens with one attached hydrogen (secondary N) is 1. The molecule has 2 aliphatic rings. The van der Waals surface area contributed by atoms with Gasteiger partial charge in [0.25, 0.3) is 0 Å². The summed E-state index contributed by atoms with van der Waals surface area (Å²) in [7, 11) is 0. The molecule has 116 valence electrons. The molecule has 0 unspecified atom stereocenters. The van der Waals surface area contributed by atoms with Gasteiger partial charge in [-0.25, -0.2) is 9.98 Å². The van der Waals surface area contributed by atoms with Crippen LogP contribution in [-0.2, 0) is 11.3 Å². The van der Waals surface area contributed by atoms with Crippen molar-refractivity contribution in [3.05, 3.63) is 23.9 Å². The molecule has 0 aromatic carbocycles. The van der Waals surface area contributed by atoms with E-state index in [1.165, 1.54) is 12.8 Å². The maximum atomic E-state index is 5.83. The second-order valence-electron chi connectivity index (χ2n) is 5.21. The molecular formula is C14H22IN5O. The van der Waals surface area contributed by atoms with E-state index < -0.39 is 0 Å². The van der Waals surface area contributed by atoms with Gasteiger partial charge in [-0.1, -0.05) is 6.07 Å². The van der Waals surface area contributed by atoms with E-state index >= 15 is 0 Å². The van der Waals surface area contributed by atoms with Crippen molar-refractivity contribution < 1.29 is 4.74 Å². The summed E-state index contributed by atoms with van der Waals surface area (Å²) in [6.45, 7) is 3.84. The van der Waals surface area contributed by atoms with E-state index in [0.29, 0.717) is 18.5 Å². The van der Waals surface area contributed by atoms with Crippen LogP contribution in [0, 0.1) is 0 Å². The summed E-state index contributed by atoms with van der Waals surface area (Å²) in [5.41, 5.74) is 6.77. The summed E-state index contributed by atoms with van der Waals surface area (Å²) in [5, 5.41) is 3.18. The topological polar surface area (TPSA) is 75.8 Å². The van der Waals surface area contributed by atoms with E-state index in [1.54, 1.807) is 0 Å². The molecule has 0 radical (unpaired) electrons. The van der Waals surface area contributed by atoms with Crippen LogP contribution >= 0.6 is 24.0 Å². The fourth-order valence-electron chi connectivity index (χ4n) is 2.17. The highest BCUT2D eigenvalue weighted by molar-refractivity contribution is 14.0. The summed E-state index contributed by atoms with van der Waals surface area (Å²) in [4.78, 5) is 11.2. The minimum atomic E-state index is 0. The van der Waals surface area contributed by atoms with Crippen molar-refractivity contribution in [1.82, 2.24) is 10.3 Å². The summed E-state index contributed by atoms with van der Waals surface area (Å²) >= 11 is 0. The number of ether oxygens (including phenoxy) is 1. The molecule has 2 fully saturated rings. The fourth-order valence-corrected chi connectivity index (χ4v) is 2.17. The van der Waals surface area contributed by atoms with Crippen LogP contribution in [0.5, 0.6) is 0 Å². The van der Waals surface area contributed by atoms with Gasteiger partial charge in [-0.05, 0) is 25.0 Å². The quantitative estimate of drug-likeness (QED) is 0.448. The molecule has 2 heterocycles. The molecular weight excluding hydrogens is 381 g/mol. The highest BCUT2D eigenvalue weighted by atomic mass is 127. The first-order chi connectivity index (χ1) is 9.81. The van der Waals surface area contributed by atoms with E-state index in [-0.39, 0.29) is 24.0 Å². The summed E-state index contributed by atoms with van der Waals surface area (Å²) in [6.07, 6.45) is 2.39. The van der Waals surface area contributed by atoms with Gasteiger partial charge in [0.15, 0.2) is 5.96 Å². The minimum Gasteiger partial charge on any atom is -0.378 e. The Labute approximate surface area is 142 Å². The van der Waals surface area contributed by atoms with Crippen molar-refractivity contribution in [2.45, 2.75) is 25.4 Å². The Hall–Kier alpha value is -1.09. The maximum absolute atomic E-state index is 5.83.